The van der Waals surface area contributed by atoms with Gasteiger partial charge in [0.25, 0.3) is 0 Å². The molecule has 3 aromatic rings. The lowest BCUT2D eigenvalue weighted by Gasteiger charge is -2.11. The lowest BCUT2D eigenvalue weighted by Crippen LogP contribution is -2.37. The van der Waals surface area contributed by atoms with E-state index in [1.54, 1.807) is 19.4 Å². The molecule has 5 nitrogen and oxygen atoms in total. The van der Waals surface area contributed by atoms with Crippen molar-refractivity contribution in [1.82, 2.24) is 15.6 Å². The first kappa shape index (κ1) is 21.9. The van der Waals surface area contributed by atoms with Crippen LogP contribution < -0.4 is 10.6 Å². The van der Waals surface area contributed by atoms with Gasteiger partial charge in [0.05, 0.1) is 5.69 Å². The number of halogens is 2. The monoisotopic (exact) mass is 494 g/mol. The number of nitrogens with one attached hydrogen (secondary N) is 2. The first-order valence-corrected chi connectivity index (χ1v) is 8.84. The fourth-order valence-electron chi connectivity index (χ4n) is 2.61. The lowest BCUT2D eigenvalue weighted by atomic mass is 10.1. The zero-order valence-electron chi connectivity index (χ0n) is 15.9. The van der Waals surface area contributed by atoms with Crippen molar-refractivity contribution in [3.63, 3.8) is 0 Å². The van der Waals surface area contributed by atoms with Crippen LogP contribution in [0.4, 0.5) is 4.39 Å². The first-order chi connectivity index (χ1) is 13.1. The molecule has 0 atom stereocenters. The van der Waals surface area contributed by atoms with Crippen molar-refractivity contribution in [3.8, 4) is 11.5 Å². The van der Waals surface area contributed by atoms with Gasteiger partial charge in [-0.3, -0.25) is 4.99 Å². The van der Waals surface area contributed by atoms with E-state index in [9.17, 15) is 4.39 Å². The summed E-state index contributed by atoms with van der Waals surface area (Å²) in [6, 6.07) is 14.6. The number of aliphatic imine (C=N–C) groups is 1. The Kier molecular flexibility index (Phi) is 8.43. The van der Waals surface area contributed by atoms with Crippen LogP contribution in [-0.2, 0) is 13.0 Å². The molecule has 0 bridgehead atoms. The minimum Gasteiger partial charge on any atom is -0.444 e. The topological polar surface area (TPSA) is 62.5 Å². The number of rotatable bonds is 6. The minimum absolute atomic E-state index is 0. The van der Waals surface area contributed by atoms with Crippen molar-refractivity contribution in [2.45, 2.75) is 19.9 Å². The van der Waals surface area contributed by atoms with Crippen molar-refractivity contribution in [2.24, 2.45) is 4.99 Å². The Morgan fingerprint density at radius 1 is 1.14 bits per heavy atom. The van der Waals surface area contributed by atoms with Gasteiger partial charge in [0.15, 0.2) is 5.96 Å². The van der Waals surface area contributed by atoms with Crippen molar-refractivity contribution in [1.29, 1.82) is 0 Å². The molecule has 7 heteroatoms. The SMILES string of the molecule is CN=C(NCCc1coc(-c2ccc(C)cc2)n1)NCc1cccc(F)c1.I. The summed E-state index contributed by atoms with van der Waals surface area (Å²) in [5, 5.41) is 6.39. The van der Waals surface area contributed by atoms with E-state index in [-0.39, 0.29) is 29.8 Å². The molecule has 0 aliphatic rings. The number of oxazole rings is 1. The Balaban J connectivity index is 0.00000280. The average Bonchev–Trinajstić information content (AvgIpc) is 3.14. The van der Waals surface area contributed by atoms with Crippen LogP contribution >= 0.6 is 24.0 Å². The Hall–Kier alpha value is -2.42. The smallest absolute Gasteiger partial charge is 0.226 e. The summed E-state index contributed by atoms with van der Waals surface area (Å²) in [6.07, 6.45) is 2.38. The number of benzene rings is 2. The molecule has 0 saturated heterocycles. The van der Waals surface area contributed by atoms with Crippen molar-refractivity contribution in [3.05, 3.63) is 77.4 Å². The highest BCUT2D eigenvalue weighted by molar-refractivity contribution is 14.0. The zero-order valence-corrected chi connectivity index (χ0v) is 18.2. The number of aromatic nitrogens is 1. The standard InChI is InChI=1S/C21H23FN4O.HI/c1-15-6-8-17(9-7-15)20-26-19(14-27-20)10-11-24-21(23-2)25-13-16-4-3-5-18(22)12-16;/h3-9,12,14H,10-11,13H2,1-2H3,(H2,23,24,25);1H. The maximum Gasteiger partial charge on any atom is 0.226 e. The second-order valence-electron chi connectivity index (χ2n) is 6.24. The highest BCUT2D eigenvalue weighted by atomic mass is 127. The molecular formula is C21H24FIN4O. The molecular weight excluding hydrogens is 470 g/mol. The van der Waals surface area contributed by atoms with E-state index in [2.05, 4.69) is 20.6 Å². The third kappa shape index (κ3) is 6.33. The highest BCUT2D eigenvalue weighted by Crippen LogP contribution is 2.19. The number of nitrogens with zero attached hydrogens (tertiary/aromatic N) is 2. The number of guanidine groups is 1. The fraction of sp³-hybridized carbons (Fsp3) is 0.238. The molecule has 2 N–H and O–H groups in total. The van der Waals surface area contributed by atoms with Gasteiger partial charge >= 0.3 is 0 Å². The van der Waals surface area contributed by atoms with E-state index in [4.69, 9.17) is 4.42 Å². The molecule has 0 radical (unpaired) electrons. The molecule has 0 aliphatic carbocycles. The van der Waals surface area contributed by atoms with Crippen LogP contribution in [0.15, 0.2) is 64.2 Å². The van der Waals surface area contributed by atoms with Crippen LogP contribution in [-0.4, -0.2) is 24.5 Å². The summed E-state index contributed by atoms with van der Waals surface area (Å²) in [5.41, 5.74) is 3.90. The van der Waals surface area contributed by atoms with Gasteiger partial charge in [-0.25, -0.2) is 9.37 Å². The Morgan fingerprint density at radius 2 is 1.93 bits per heavy atom. The van der Waals surface area contributed by atoms with Gasteiger partial charge in [-0.2, -0.15) is 0 Å². The predicted molar refractivity (Wildman–Crippen MR) is 120 cm³/mol. The average molecular weight is 494 g/mol. The van der Waals surface area contributed by atoms with Crippen LogP contribution in [0.25, 0.3) is 11.5 Å². The van der Waals surface area contributed by atoms with Crippen LogP contribution in [0, 0.1) is 12.7 Å². The molecule has 148 valence electrons. The van der Waals surface area contributed by atoms with Crippen molar-refractivity contribution >= 4 is 29.9 Å². The fourth-order valence-corrected chi connectivity index (χ4v) is 2.61. The maximum atomic E-state index is 13.2. The van der Waals surface area contributed by atoms with Gasteiger partial charge in [-0.1, -0.05) is 29.8 Å². The van der Waals surface area contributed by atoms with E-state index in [0.717, 1.165) is 16.8 Å². The molecule has 3 rings (SSSR count). The van der Waals surface area contributed by atoms with E-state index < -0.39 is 0 Å². The normalized spacial score (nSPS) is 11.0. The highest BCUT2D eigenvalue weighted by Gasteiger charge is 2.07. The molecule has 0 fully saturated rings. The second-order valence-corrected chi connectivity index (χ2v) is 6.24. The van der Waals surface area contributed by atoms with E-state index in [1.165, 1.54) is 17.7 Å². The Bertz CT molecular complexity index is 909. The van der Waals surface area contributed by atoms with Gasteiger partial charge in [0.1, 0.15) is 12.1 Å². The molecule has 0 aliphatic heterocycles. The number of hydrogen-bond donors (Lipinski definition) is 2. The molecule has 0 saturated carbocycles. The van der Waals surface area contributed by atoms with Gasteiger partial charge in [-0.05, 0) is 36.8 Å². The summed E-state index contributed by atoms with van der Waals surface area (Å²) in [7, 11) is 1.70. The predicted octanol–water partition coefficient (Wildman–Crippen LogP) is 4.31. The summed E-state index contributed by atoms with van der Waals surface area (Å²) in [6.45, 7) is 3.20. The largest absolute Gasteiger partial charge is 0.444 e. The number of aryl methyl sites for hydroxylation is 1. The third-order valence-electron chi connectivity index (χ3n) is 4.10. The van der Waals surface area contributed by atoms with E-state index >= 15 is 0 Å². The second kappa shape index (κ2) is 10.8. The molecule has 0 unspecified atom stereocenters. The van der Waals surface area contributed by atoms with Gasteiger partial charge in [-0.15, -0.1) is 24.0 Å². The molecule has 0 amide bonds. The third-order valence-corrected chi connectivity index (χ3v) is 4.10. The van der Waals surface area contributed by atoms with Gasteiger partial charge in [0, 0.05) is 32.1 Å². The molecule has 0 spiro atoms. The van der Waals surface area contributed by atoms with Gasteiger partial charge in [0.2, 0.25) is 5.89 Å². The maximum absolute atomic E-state index is 13.2. The van der Waals surface area contributed by atoms with Crippen LogP contribution in [0.5, 0.6) is 0 Å². The summed E-state index contributed by atoms with van der Waals surface area (Å²) in [5.74, 6) is 1.03. The van der Waals surface area contributed by atoms with Crippen LogP contribution in [0.2, 0.25) is 0 Å². The summed E-state index contributed by atoms with van der Waals surface area (Å²) < 4.78 is 18.8. The number of hydrogen-bond acceptors (Lipinski definition) is 3. The molecule has 1 heterocycles. The minimum atomic E-state index is -0.243. The Labute approximate surface area is 181 Å². The summed E-state index contributed by atoms with van der Waals surface area (Å²) >= 11 is 0. The summed E-state index contributed by atoms with van der Waals surface area (Å²) in [4.78, 5) is 8.70. The Morgan fingerprint density at radius 3 is 2.64 bits per heavy atom. The lowest BCUT2D eigenvalue weighted by molar-refractivity contribution is 0.572. The van der Waals surface area contributed by atoms with Crippen molar-refractivity contribution < 1.29 is 8.81 Å². The quantitative estimate of drug-likeness (QED) is 0.305. The zero-order chi connectivity index (χ0) is 19.1. The molecule has 2 aromatic carbocycles. The van der Waals surface area contributed by atoms with Crippen molar-refractivity contribution in [2.75, 3.05) is 13.6 Å². The molecule has 1 aromatic heterocycles. The van der Waals surface area contributed by atoms with Crippen LogP contribution in [0.3, 0.4) is 0 Å². The van der Waals surface area contributed by atoms with Crippen LogP contribution in [0.1, 0.15) is 16.8 Å². The first-order valence-electron chi connectivity index (χ1n) is 8.84. The molecule has 28 heavy (non-hydrogen) atoms. The van der Waals surface area contributed by atoms with E-state index in [1.807, 2.05) is 37.3 Å². The van der Waals surface area contributed by atoms with Gasteiger partial charge < -0.3 is 15.1 Å². The van der Waals surface area contributed by atoms with E-state index in [0.29, 0.717) is 31.4 Å².